The number of benzene rings is 2. The molecule has 0 saturated heterocycles. The van der Waals surface area contributed by atoms with E-state index in [2.05, 4.69) is 10.6 Å². The zero-order valence-corrected chi connectivity index (χ0v) is 15.9. The van der Waals surface area contributed by atoms with Crippen LogP contribution in [0.1, 0.15) is 29.5 Å². The van der Waals surface area contributed by atoms with Gasteiger partial charge in [-0.2, -0.15) is 0 Å². The molecule has 3 rings (SSSR count). The van der Waals surface area contributed by atoms with Crippen molar-refractivity contribution >= 4 is 17.5 Å². The molecule has 6 nitrogen and oxygen atoms in total. The molecule has 150 valence electrons. The number of para-hydroxylation sites is 1. The van der Waals surface area contributed by atoms with E-state index in [-0.39, 0.29) is 18.3 Å². The first-order chi connectivity index (χ1) is 14.1. The molecule has 3 aromatic rings. The van der Waals surface area contributed by atoms with Crippen LogP contribution < -0.4 is 15.4 Å². The van der Waals surface area contributed by atoms with Crippen LogP contribution in [0.5, 0.6) is 5.75 Å². The smallest absolute Gasteiger partial charge is 0.265 e. The first-order valence-electron chi connectivity index (χ1n) is 9.19. The van der Waals surface area contributed by atoms with Gasteiger partial charge in [0.2, 0.25) is 0 Å². The Bertz CT molecular complexity index is 955. The summed E-state index contributed by atoms with van der Waals surface area (Å²) in [5.41, 5.74) is 0.694. The summed E-state index contributed by atoms with van der Waals surface area (Å²) < 4.78 is 23.9. The minimum Gasteiger partial charge on any atom is -0.481 e. The summed E-state index contributed by atoms with van der Waals surface area (Å²) >= 11 is 0. The standard InChI is InChI=1S/C22H21FN2O4/c1-2-20(29-16-11-9-15(23)10-12-16)22(27)25-19-8-4-3-7-18(19)21(26)24-14-17-6-5-13-28-17/h3-13,20H,2,14H2,1H3,(H,24,26)(H,25,27). The summed E-state index contributed by atoms with van der Waals surface area (Å²) in [7, 11) is 0. The Morgan fingerprint density at radius 1 is 1.07 bits per heavy atom. The second-order valence-electron chi connectivity index (χ2n) is 6.27. The van der Waals surface area contributed by atoms with E-state index in [0.29, 0.717) is 29.2 Å². The van der Waals surface area contributed by atoms with Gasteiger partial charge in [0.15, 0.2) is 6.10 Å². The maximum atomic E-state index is 13.0. The number of hydrogen-bond acceptors (Lipinski definition) is 4. The predicted octanol–water partition coefficient (Wildman–Crippen LogP) is 4.14. The molecule has 0 radical (unpaired) electrons. The third-order valence-electron chi connectivity index (χ3n) is 4.19. The highest BCUT2D eigenvalue weighted by molar-refractivity contribution is 6.04. The molecule has 0 fully saturated rings. The van der Waals surface area contributed by atoms with Crippen LogP contribution in [0, 0.1) is 5.82 Å². The molecule has 0 aliphatic heterocycles. The number of hydrogen-bond donors (Lipinski definition) is 2. The Kier molecular flexibility index (Phi) is 6.63. The molecule has 1 unspecified atom stereocenters. The number of carbonyl (C=O) groups excluding carboxylic acids is 2. The fourth-order valence-electron chi connectivity index (χ4n) is 2.68. The molecule has 2 amide bonds. The Hall–Kier alpha value is -3.61. The second kappa shape index (κ2) is 9.54. The van der Waals surface area contributed by atoms with Crippen LogP contribution in [0.4, 0.5) is 10.1 Å². The molecular formula is C22H21FN2O4. The summed E-state index contributed by atoms with van der Waals surface area (Å²) in [6, 6.07) is 15.6. The fraction of sp³-hybridized carbons (Fsp3) is 0.182. The highest BCUT2D eigenvalue weighted by Crippen LogP contribution is 2.19. The van der Waals surface area contributed by atoms with Gasteiger partial charge in [-0.3, -0.25) is 9.59 Å². The van der Waals surface area contributed by atoms with Gasteiger partial charge in [0, 0.05) is 0 Å². The minimum absolute atomic E-state index is 0.235. The van der Waals surface area contributed by atoms with Crippen molar-refractivity contribution in [2.45, 2.75) is 26.0 Å². The first kappa shape index (κ1) is 20.1. The molecule has 2 N–H and O–H groups in total. The topological polar surface area (TPSA) is 80.6 Å². The number of halogens is 1. The molecular weight excluding hydrogens is 375 g/mol. The lowest BCUT2D eigenvalue weighted by Crippen LogP contribution is -2.33. The molecule has 0 bridgehead atoms. The molecule has 0 saturated carbocycles. The largest absolute Gasteiger partial charge is 0.481 e. The van der Waals surface area contributed by atoms with Crippen molar-refractivity contribution in [3.8, 4) is 5.75 Å². The quantitative estimate of drug-likeness (QED) is 0.600. The van der Waals surface area contributed by atoms with Crippen LogP contribution in [0.3, 0.4) is 0 Å². The SMILES string of the molecule is CCC(Oc1ccc(F)cc1)C(=O)Nc1ccccc1C(=O)NCc1ccco1. The predicted molar refractivity (Wildman–Crippen MR) is 106 cm³/mol. The summed E-state index contributed by atoms with van der Waals surface area (Å²) in [4.78, 5) is 25.2. The van der Waals surface area contributed by atoms with Crippen molar-refractivity contribution in [1.29, 1.82) is 0 Å². The number of rotatable bonds is 8. The summed E-state index contributed by atoms with van der Waals surface area (Å²) in [5.74, 6) is -0.117. The number of nitrogens with one attached hydrogen (secondary N) is 2. The zero-order chi connectivity index (χ0) is 20.6. The van der Waals surface area contributed by atoms with E-state index in [1.165, 1.54) is 30.5 Å². The maximum absolute atomic E-state index is 13.0. The van der Waals surface area contributed by atoms with E-state index < -0.39 is 12.0 Å². The van der Waals surface area contributed by atoms with Crippen LogP contribution in [-0.4, -0.2) is 17.9 Å². The summed E-state index contributed by atoms with van der Waals surface area (Å²) in [6.07, 6.45) is 1.14. The average molecular weight is 396 g/mol. The van der Waals surface area contributed by atoms with Gasteiger partial charge in [-0.15, -0.1) is 0 Å². The third-order valence-corrected chi connectivity index (χ3v) is 4.19. The van der Waals surface area contributed by atoms with Gasteiger partial charge < -0.3 is 19.8 Å². The van der Waals surface area contributed by atoms with Gasteiger partial charge in [-0.25, -0.2) is 4.39 Å². The minimum atomic E-state index is -0.792. The van der Waals surface area contributed by atoms with Crippen LogP contribution in [-0.2, 0) is 11.3 Å². The lowest BCUT2D eigenvalue weighted by Gasteiger charge is -2.18. The Labute approximate surface area is 167 Å². The Morgan fingerprint density at radius 3 is 2.52 bits per heavy atom. The maximum Gasteiger partial charge on any atom is 0.265 e. The van der Waals surface area contributed by atoms with Crippen molar-refractivity contribution in [1.82, 2.24) is 5.32 Å². The van der Waals surface area contributed by atoms with Gasteiger partial charge >= 0.3 is 0 Å². The van der Waals surface area contributed by atoms with Gasteiger partial charge in [0.1, 0.15) is 17.3 Å². The number of anilines is 1. The molecule has 0 aliphatic rings. The number of carbonyl (C=O) groups is 2. The molecule has 29 heavy (non-hydrogen) atoms. The van der Waals surface area contributed by atoms with Crippen molar-refractivity contribution in [2.24, 2.45) is 0 Å². The molecule has 7 heteroatoms. The second-order valence-corrected chi connectivity index (χ2v) is 6.27. The van der Waals surface area contributed by atoms with Crippen molar-refractivity contribution in [3.63, 3.8) is 0 Å². The zero-order valence-electron chi connectivity index (χ0n) is 15.9. The van der Waals surface area contributed by atoms with Crippen LogP contribution in [0.25, 0.3) is 0 Å². The van der Waals surface area contributed by atoms with Crippen molar-refractivity contribution in [3.05, 3.63) is 84.1 Å². The van der Waals surface area contributed by atoms with Gasteiger partial charge in [-0.1, -0.05) is 19.1 Å². The summed E-state index contributed by atoms with van der Waals surface area (Å²) in [5, 5.41) is 5.50. The fourth-order valence-corrected chi connectivity index (χ4v) is 2.68. The number of amides is 2. The van der Waals surface area contributed by atoms with Gasteiger partial charge in [0.25, 0.3) is 11.8 Å². The Balaban J connectivity index is 1.67. The average Bonchev–Trinajstić information content (AvgIpc) is 3.25. The molecule has 1 atom stereocenters. The highest BCUT2D eigenvalue weighted by Gasteiger charge is 2.21. The Morgan fingerprint density at radius 2 is 1.83 bits per heavy atom. The lowest BCUT2D eigenvalue weighted by molar-refractivity contribution is -0.122. The van der Waals surface area contributed by atoms with E-state index >= 15 is 0 Å². The van der Waals surface area contributed by atoms with E-state index in [0.717, 1.165) is 0 Å². The highest BCUT2D eigenvalue weighted by atomic mass is 19.1. The van der Waals surface area contributed by atoms with Crippen molar-refractivity contribution in [2.75, 3.05) is 5.32 Å². The van der Waals surface area contributed by atoms with E-state index in [4.69, 9.17) is 9.15 Å². The molecule has 1 heterocycles. The van der Waals surface area contributed by atoms with Crippen LogP contribution in [0.15, 0.2) is 71.3 Å². The van der Waals surface area contributed by atoms with Crippen LogP contribution >= 0.6 is 0 Å². The van der Waals surface area contributed by atoms with Gasteiger partial charge in [-0.05, 0) is 55.0 Å². The van der Waals surface area contributed by atoms with Crippen LogP contribution in [0.2, 0.25) is 0 Å². The normalized spacial score (nSPS) is 11.5. The third kappa shape index (κ3) is 5.44. The van der Waals surface area contributed by atoms with Crippen molar-refractivity contribution < 1.29 is 23.1 Å². The summed E-state index contributed by atoms with van der Waals surface area (Å²) in [6.45, 7) is 2.04. The van der Waals surface area contributed by atoms with Gasteiger partial charge in [0.05, 0.1) is 24.1 Å². The number of furan rings is 1. The molecule has 0 aliphatic carbocycles. The van der Waals surface area contributed by atoms with E-state index in [9.17, 15) is 14.0 Å². The number of ether oxygens (including phenoxy) is 1. The lowest BCUT2D eigenvalue weighted by atomic mass is 10.1. The molecule has 1 aromatic heterocycles. The first-order valence-corrected chi connectivity index (χ1v) is 9.19. The monoisotopic (exact) mass is 396 g/mol. The van der Waals surface area contributed by atoms with E-state index in [1.54, 1.807) is 43.3 Å². The molecule has 0 spiro atoms. The van der Waals surface area contributed by atoms with E-state index in [1.807, 2.05) is 0 Å². The molecule has 2 aromatic carbocycles.